The molecule has 0 spiro atoms. The third kappa shape index (κ3) is 5.70. The van der Waals surface area contributed by atoms with Crippen LogP contribution in [0.5, 0.6) is 11.6 Å². The molecule has 0 atom stereocenters. The number of rotatable bonds is 5. The molecular formula is C14H13F3N4O5S. The molecule has 0 saturated carbocycles. The van der Waals surface area contributed by atoms with Gasteiger partial charge in [-0.3, -0.25) is 5.32 Å². The maximum Gasteiger partial charge on any atom is 0.573 e. The summed E-state index contributed by atoms with van der Waals surface area (Å²) in [6.45, 7) is 1.58. The van der Waals surface area contributed by atoms with Crippen LogP contribution in [0.15, 0.2) is 35.2 Å². The topological polar surface area (TPSA) is 120 Å². The number of nitrogens with zero attached hydrogens (tertiary/aromatic N) is 2. The average Bonchev–Trinajstić information content (AvgIpc) is 2.52. The molecule has 27 heavy (non-hydrogen) atoms. The van der Waals surface area contributed by atoms with Crippen molar-refractivity contribution < 1.29 is 35.9 Å². The lowest BCUT2D eigenvalue weighted by Crippen LogP contribution is -2.35. The van der Waals surface area contributed by atoms with E-state index < -0.39 is 33.1 Å². The van der Waals surface area contributed by atoms with Crippen LogP contribution in [0.2, 0.25) is 0 Å². The minimum Gasteiger partial charge on any atom is -0.481 e. The van der Waals surface area contributed by atoms with E-state index >= 15 is 0 Å². The van der Waals surface area contributed by atoms with E-state index in [1.54, 1.807) is 11.6 Å². The highest BCUT2D eigenvalue weighted by atomic mass is 32.2. The van der Waals surface area contributed by atoms with Crippen molar-refractivity contribution in [3.05, 3.63) is 36.0 Å². The zero-order valence-corrected chi connectivity index (χ0v) is 14.7. The highest BCUT2D eigenvalue weighted by Gasteiger charge is 2.34. The number of carbonyl (C=O) groups is 1. The SMILES string of the molecule is COc1cc(C)nc(NC(=O)NS(=O)(=O)c2ccccc2OC(F)(F)F)n1. The Morgan fingerprint density at radius 1 is 1.19 bits per heavy atom. The molecule has 0 unspecified atom stereocenters. The highest BCUT2D eigenvalue weighted by molar-refractivity contribution is 7.90. The van der Waals surface area contributed by atoms with Gasteiger partial charge in [-0.1, -0.05) is 12.1 Å². The summed E-state index contributed by atoms with van der Waals surface area (Å²) < 4.78 is 71.9. The van der Waals surface area contributed by atoms with Crippen molar-refractivity contribution in [1.29, 1.82) is 0 Å². The molecule has 0 aliphatic carbocycles. The molecule has 0 saturated heterocycles. The second-order valence-corrected chi connectivity index (χ2v) is 6.58. The Kier molecular flexibility index (Phi) is 5.73. The molecule has 9 nitrogen and oxygen atoms in total. The first-order valence-corrected chi connectivity index (χ1v) is 8.57. The van der Waals surface area contributed by atoms with Gasteiger partial charge in [-0.05, 0) is 19.1 Å². The number of sulfonamides is 1. The molecule has 1 aromatic carbocycles. The van der Waals surface area contributed by atoms with Crippen molar-refractivity contribution in [2.45, 2.75) is 18.2 Å². The number of ether oxygens (including phenoxy) is 2. The van der Waals surface area contributed by atoms with Crippen LogP contribution in [0.25, 0.3) is 0 Å². The van der Waals surface area contributed by atoms with Gasteiger partial charge in [-0.15, -0.1) is 13.2 Å². The molecule has 2 rings (SSSR count). The number of methoxy groups -OCH3 is 1. The number of anilines is 1. The van der Waals surface area contributed by atoms with Crippen LogP contribution in [0.3, 0.4) is 0 Å². The number of hydrogen-bond donors (Lipinski definition) is 2. The lowest BCUT2D eigenvalue weighted by molar-refractivity contribution is -0.275. The number of alkyl halides is 3. The Bertz CT molecular complexity index is 950. The summed E-state index contributed by atoms with van der Waals surface area (Å²) in [5, 5.41) is 2.06. The summed E-state index contributed by atoms with van der Waals surface area (Å²) in [5.41, 5.74) is 0.420. The first kappa shape index (κ1) is 20.2. The van der Waals surface area contributed by atoms with Gasteiger partial charge in [0.1, 0.15) is 10.6 Å². The van der Waals surface area contributed by atoms with E-state index in [2.05, 4.69) is 20.0 Å². The van der Waals surface area contributed by atoms with Crippen LogP contribution >= 0.6 is 0 Å². The van der Waals surface area contributed by atoms with E-state index in [4.69, 9.17) is 4.74 Å². The Morgan fingerprint density at radius 2 is 1.85 bits per heavy atom. The molecule has 146 valence electrons. The standard InChI is InChI=1S/C14H13F3N4O5S/c1-8-7-11(25-2)19-12(18-8)20-13(22)21-27(23,24)10-6-4-3-5-9(10)26-14(15,16)17/h3-7H,1-2H3,(H2,18,19,20,21,22). The monoisotopic (exact) mass is 406 g/mol. The zero-order valence-electron chi connectivity index (χ0n) is 13.9. The van der Waals surface area contributed by atoms with Gasteiger partial charge in [0.25, 0.3) is 10.0 Å². The van der Waals surface area contributed by atoms with Crippen molar-refractivity contribution >= 4 is 22.0 Å². The van der Waals surface area contributed by atoms with Gasteiger partial charge in [0.15, 0.2) is 0 Å². The maximum atomic E-state index is 12.4. The Labute approximate surface area is 151 Å². The number of aromatic nitrogens is 2. The maximum absolute atomic E-state index is 12.4. The van der Waals surface area contributed by atoms with Crippen LogP contribution in [-0.2, 0) is 10.0 Å². The molecule has 2 amide bonds. The number of halogens is 3. The van der Waals surface area contributed by atoms with Crippen LogP contribution < -0.4 is 19.5 Å². The van der Waals surface area contributed by atoms with E-state index in [0.29, 0.717) is 5.69 Å². The van der Waals surface area contributed by atoms with Gasteiger partial charge < -0.3 is 9.47 Å². The van der Waals surface area contributed by atoms with Crippen molar-refractivity contribution in [1.82, 2.24) is 14.7 Å². The molecule has 0 fully saturated rings. The number of para-hydroxylation sites is 1. The number of urea groups is 1. The fraction of sp³-hybridized carbons (Fsp3) is 0.214. The van der Waals surface area contributed by atoms with E-state index in [9.17, 15) is 26.4 Å². The molecule has 2 N–H and O–H groups in total. The summed E-state index contributed by atoms with van der Waals surface area (Å²) in [6.07, 6.45) is -5.11. The molecule has 0 aliphatic rings. The van der Waals surface area contributed by atoms with Crippen LogP contribution in [0.1, 0.15) is 5.69 Å². The minimum absolute atomic E-state index is 0.115. The normalized spacial score (nSPS) is 11.6. The van der Waals surface area contributed by atoms with Gasteiger partial charge in [0, 0.05) is 11.8 Å². The molecular weight excluding hydrogens is 393 g/mol. The quantitative estimate of drug-likeness (QED) is 0.781. The zero-order chi connectivity index (χ0) is 20.2. The molecule has 13 heteroatoms. The predicted molar refractivity (Wildman–Crippen MR) is 85.8 cm³/mol. The summed E-state index contributed by atoms with van der Waals surface area (Å²) in [7, 11) is -3.36. The molecule has 0 radical (unpaired) electrons. The van der Waals surface area contributed by atoms with Crippen molar-refractivity contribution in [3.63, 3.8) is 0 Å². The fourth-order valence-electron chi connectivity index (χ4n) is 1.89. The first-order valence-electron chi connectivity index (χ1n) is 7.08. The first-order chi connectivity index (χ1) is 12.5. The number of aryl methyl sites for hydroxylation is 1. The summed E-state index contributed by atoms with van der Waals surface area (Å²) in [4.78, 5) is 18.7. The summed E-state index contributed by atoms with van der Waals surface area (Å²) in [5.74, 6) is -1.14. The summed E-state index contributed by atoms with van der Waals surface area (Å²) in [6, 6.07) is 4.14. The third-order valence-electron chi connectivity index (χ3n) is 2.86. The fourth-order valence-corrected chi connectivity index (χ4v) is 2.92. The van der Waals surface area contributed by atoms with Gasteiger partial charge >= 0.3 is 12.4 Å². The smallest absolute Gasteiger partial charge is 0.481 e. The Morgan fingerprint density at radius 3 is 2.48 bits per heavy atom. The minimum atomic E-state index is -5.11. The number of nitrogens with one attached hydrogen (secondary N) is 2. The number of hydrogen-bond acceptors (Lipinski definition) is 7. The van der Waals surface area contributed by atoms with Crippen LogP contribution in [-0.4, -0.2) is 37.9 Å². The average molecular weight is 406 g/mol. The number of benzene rings is 1. The molecule has 0 aliphatic heterocycles. The van der Waals surface area contributed by atoms with Crippen molar-refractivity contribution in [2.24, 2.45) is 0 Å². The van der Waals surface area contributed by atoms with Crippen LogP contribution in [0, 0.1) is 6.92 Å². The Hall–Kier alpha value is -3.09. The molecule has 2 aromatic rings. The van der Waals surface area contributed by atoms with Crippen molar-refractivity contribution in [3.8, 4) is 11.6 Å². The second kappa shape index (κ2) is 7.65. The van der Waals surface area contributed by atoms with Gasteiger partial charge in [0.2, 0.25) is 11.8 Å². The van der Waals surface area contributed by atoms with E-state index in [1.807, 2.05) is 0 Å². The van der Waals surface area contributed by atoms with E-state index in [0.717, 1.165) is 18.2 Å². The van der Waals surface area contributed by atoms with E-state index in [-0.39, 0.29) is 11.8 Å². The van der Waals surface area contributed by atoms with E-state index in [1.165, 1.54) is 19.2 Å². The molecule has 1 heterocycles. The largest absolute Gasteiger partial charge is 0.573 e. The highest BCUT2D eigenvalue weighted by Crippen LogP contribution is 2.29. The number of carbonyl (C=O) groups excluding carboxylic acids is 1. The van der Waals surface area contributed by atoms with Gasteiger partial charge in [-0.2, -0.15) is 4.98 Å². The summed E-state index contributed by atoms with van der Waals surface area (Å²) >= 11 is 0. The lowest BCUT2D eigenvalue weighted by atomic mass is 10.3. The number of amides is 2. The second-order valence-electron chi connectivity index (χ2n) is 4.93. The Balaban J connectivity index is 2.22. The van der Waals surface area contributed by atoms with Crippen LogP contribution in [0.4, 0.5) is 23.9 Å². The molecule has 0 bridgehead atoms. The van der Waals surface area contributed by atoms with Crippen molar-refractivity contribution in [2.75, 3.05) is 12.4 Å². The lowest BCUT2D eigenvalue weighted by Gasteiger charge is -2.14. The molecule has 1 aromatic heterocycles. The van der Waals surface area contributed by atoms with Gasteiger partial charge in [-0.25, -0.2) is 22.9 Å². The third-order valence-corrected chi connectivity index (χ3v) is 4.23. The van der Waals surface area contributed by atoms with Gasteiger partial charge in [0.05, 0.1) is 7.11 Å². The predicted octanol–water partition coefficient (Wildman–Crippen LogP) is 2.20.